The van der Waals surface area contributed by atoms with Gasteiger partial charge in [-0.15, -0.1) is 11.3 Å². The van der Waals surface area contributed by atoms with Gasteiger partial charge in [0.1, 0.15) is 6.10 Å². The number of alkyl halides is 3. The van der Waals surface area contributed by atoms with Crippen LogP contribution in [-0.2, 0) is 0 Å². The summed E-state index contributed by atoms with van der Waals surface area (Å²) < 4.78 is -1.81. The number of Topliss-reactive ketones (excluding diaryl/α,β-unsaturated/α-hetero) is 1. The minimum Gasteiger partial charge on any atom is -0.388 e. The number of hydrogen-bond acceptors (Lipinski definition) is 3. The number of carbonyl (C=O) groups excluding carboxylic acids is 1. The Balaban J connectivity index is 2.58. The number of aliphatic hydroxyl groups excluding tert-OH is 1. The van der Waals surface area contributed by atoms with E-state index in [-0.39, 0.29) is 12.2 Å². The van der Waals surface area contributed by atoms with Crippen LogP contribution in [0.3, 0.4) is 0 Å². The third-order valence-electron chi connectivity index (χ3n) is 1.55. The van der Waals surface area contributed by atoms with Crippen molar-refractivity contribution in [1.29, 1.82) is 0 Å². The second-order valence-electron chi connectivity index (χ2n) is 2.66. The molecule has 1 N–H and O–H groups in total. The molecule has 14 heavy (non-hydrogen) atoms. The van der Waals surface area contributed by atoms with E-state index in [1.807, 2.05) is 0 Å². The standard InChI is InChI=1S/C8H7Cl3O2S/c9-8(10,11)7(13)4-5(12)6-2-1-3-14-6/h1-3,7,13H,4H2/t7-/m0/s1. The topological polar surface area (TPSA) is 37.3 Å². The molecule has 78 valence electrons. The molecule has 0 amide bonds. The highest BCUT2D eigenvalue weighted by molar-refractivity contribution is 7.12. The summed E-state index contributed by atoms with van der Waals surface area (Å²) in [5.74, 6) is -0.223. The minimum atomic E-state index is -1.81. The van der Waals surface area contributed by atoms with Crippen molar-refractivity contribution in [3.8, 4) is 0 Å². The molecular weight excluding hydrogens is 267 g/mol. The van der Waals surface area contributed by atoms with Crippen molar-refractivity contribution in [2.75, 3.05) is 0 Å². The average Bonchev–Trinajstić information content (AvgIpc) is 2.53. The minimum absolute atomic E-state index is 0.184. The van der Waals surface area contributed by atoms with Crippen LogP contribution in [0.2, 0.25) is 0 Å². The Morgan fingerprint density at radius 1 is 1.57 bits per heavy atom. The molecular formula is C8H7Cl3O2S. The van der Waals surface area contributed by atoms with Crippen molar-refractivity contribution in [1.82, 2.24) is 0 Å². The van der Waals surface area contributed by atoms with Crippen molar-refractivity contribution in [3.63, 3.8) is 0 Å². The lowest BCUT2D eigenvalue weighted by atomic mass is 10.2. The second kappa shape index (κ2) is 4.81. The first-order valence-corrected chi connectivity index (χ1v) is 5.74. The van der Waals surface area contributed by atoms with E-state index in [1.54, 1.807) is 17.5 Å². The van der Waals surface area contributed by atoms with Gasteiger partial charge in [-0.1, -0.05) is 40.9 Å². The lowest BCUT2D eigenvalue weighted by Crippen LogP contribution is -2.27. The molecule has 1 aromatic heterocycles. The summed E-state index contributed by atoms with van der Waals surface area (Å²) in [4.78, 5) is 12.0. The zero-order chi connectivity index (χ0) is 10.8. The van der Waals surface area contributed by atoms with Crippen LogP contribution in [0.25, 0.3) is 0 Å². The van der Waals surface area contributed by atoms with E-state index in [2.05, 4.69) is 0 Å². The number of aliphatic hydroxyl groups is 1. The van der Waals surface area contributed by atoms with E-state index in [0.29, 0.717) is 4.88 Å². The maximum Gasteiger partial charge on any atom is 0.216 e. The number of halogens is 3. The van der Waals surface area contributed by atoms with Gasteiger partial charge in [0.2, 0.25) is 3.79 Å². The van der Waals surface area contributed by atoms with Crippen molar-refractivity contribution in [3.05, 3.63) is 22.4 Å². The highest BCUT2D eigenvalue weighted by Gasteiger charge is 2.32. The van der Waals surface area contributed by atoms with Crippen LogP contribution in [0.15, 0.2) is 17.5 Å². The van der Waals surface area contributed by atoms with Crippen molar-refractivity contribution < 1.29 is 9.90 Å². The molecule has 0 fully saturated rings. The maximum absolute atomic E-state index is 11.4. The summed E-state index contributed by atoms with van der Waals surface area (Å²) in [6, 6.07) is 3.41. The van der Waals surface area contributed by atoms with Crippen LogP contribution < -0.4 is 0 Å². The SMILES string of the molecule is O=C(C[C@H](O)C(Cl)(Cl)Cl)c1cccs1. The van der Waals surface area contributed by atoms with Gasteiger partial charge in [0.25, 0.3) is 0 Å². The molecule has 1 atom stereocenters. The van der Waals surface area contributed by atoms with Gasteiger partial charge < -0.3 is 5.11 Å². The molecule has 1 rings (SSSR count). The lowest BCUT2D eigenvalue weighted by molar-refractivity contribution is 0.0889. The largest absolute Gasteiger partial charge is 0.388 e. The molecule has 0 aliphatic rings. The van der Waals surface area contributed by atoms with E-state index in [9.17, 15) is 9.90 Å². The van der Waals surface area contributed by atoms with Gasteiger partial charge in [-0.25, -0.2) is 0 Å². The van der Waals surface area contributed by atoms with E-state index < -0.39 is 9.90 Å². The second-order valence-corrected chi connectivity index (χ2v) is 5.98. The monoisotopic (exact) mass is 272 g/mol. The van der Waals surface area contributed by atoms with Crippen LogP contribution in [-0.4, -0.2) is 20.8 Å². The first-order chi connectivity index (χ1) is 6.41. The van der Waals surface area contributed by atoms with E-state index in [1.165, 1.54) is 11.3 Å². The average molecular weight is 274 g/mol. The number of hydrogen-bond donors (Lipinski definition) is 1. The third kappa shape index (κ3) is 3.41. The Labute approximate surface area is 100 Å². The van der Waals surface area contributed by atoms with E-state index >= 15 is 0 Å². The van der Waals surface area contributed by atoms with Gasteiger partial charge in [0.05, 0.1) is 4.88 Å². The Morgan fingerprint density at radius 2 is 2.21 bits per heavy atom. The van der Waals surface area contributed by atoms with Gasteiger partial charge in [-0.3, -0.25) is 4.79 Å². The quantitative estimate of drug-likeness (QED) is 0.679. The van der Waals surface area contributed by atoms with Gasteiger partial charge in [0.15, 0.2) is 5.78 Å². The Kier molecular flexibility index (Phi) is 4.22. The number of carbonyl (C=O) groups is 1. The molecule has 0 saturated carbocycles. The van der Waals surface area contributed by atoms with Gasteiger partial charge in [-0.2, -0.15) is 0 Å². The Hall–Kier alpha value is 0.200. The molecule has 2 nitrogen and oxygen atoms in total. The van der Waals surface area contributed by atoms with E-state index in [0.717, 1.165) is 0 Å². The van der Waals surface area contributed by atoms with Crippen molar-refractivity contribution >= 4 is 51.9 Å². The zero-order valence-electron chi connectivity index (χ0n) is 6.91. The van der Waals surface area contributed by atoms with Gasteiger partial charge in [0, 0.05) is 6.42 Å². The molecule has 0 saturated heterocycles. The highest BCUT2D eigenvalue weighted by Crippen LogP contribution is 2.32. The summed E-state index contributed by atoms with van der Waals surface area (Å²) in [5, 5.41) is 11.1. The number of rotatable bonds is 3. The number of thiophene rings is 1. The lowest BCUT2D eigenvalue weighted by Gasteiger charge is -2.17. The molecule has 0 aliphatic heterocycles. The van der Waals surface area contributed by atoms with Gasteiger partial charge in [-0.05, 0) is 11.4 Å². The maximum atomic E-state index is 11.4. The van der Waals surface area contributed by atoms with Crippen LogP contribution in [0.5, 0.6) is 0 Å². The van der Waals surface area contributed by atoms with Crippen molar-refractivity contribution in [2.24, 2.45) is 0 Å². The third-order valence-corrected chi connectivity index (χ3v) is 3.22. The molecule has 6 heteroatoms. The molecule has 0 aliphatic carbocycles. The normalized spacial score (nSPS) is 14.0. The van der Waals surface area contributed by atoms with Crippen LogP contribution in [0.4, 0.5) is 0 Å². The predicted octanol–water partition coefficient (Wildman–Crippen LogP) is 3.05. The summed E-state index contributed by atoms with van der Waals surface area (Å²) in [6.45, 7) is 0. The first-order valence-electron chi connectivity index (χ1n) is 3.72. The van der Waals surface area contributed by atoms with Crippen LogP contribution in [0, 0.1) is 0 Å². The smallest absolute Gasteiger partial charge is 0.216 e. The Morgan fingerprint density at radius 3 is 2.64 bits per heavy atom. The van der Waals surface area contributed by atoms with Crippen LogP contribution >= 0.6 is 46.1 Å². The fourth-order valence-electron chi connectivity index (χ4n) is 0.829. The highest BCUT2D eigenvalue weighted by atomic mass is 35.6. The molecule has 1 aromatic rings. The van der Waals surface area contributed by atoms with Crippen LogP contribution in [0.1, 0.15) is 16.1 Å². The fraction of sp³-hybridized carbons (Fsp3) is 0.375. The zero-order valence-corrected chi connectivity index (χ0v) is 10.00. The summed E-state index contributed by atoms with van der Waals surface area (Å²) in [6.07, 6.45) is -1.46. The molecule has 0 aromatic carbocycles. The van der Waals surface area contributed by atoms with Crippen molar-refractivity contribution in [2.45, 2.75) is 16.3 Å². The predicted molar refractivity (Wildman–Crippen MR) is 59.6 cm³/mol. The summed E-state index contributed by atoms with van der Waals surface area (Å²) in [7, 11) is 0. The Bertz CT molecular complexity index is 305. The summed E-state index contributed by atoms with van der Waals surface area (Å²) >= 11 is 17.6. The number of ketones is 1. The molecule has 0 bridgehead atoms. The first kappa shape index (κ1) is 12.3. The fourth-order valence-corrected chi connectivity index (χ4v) is 1.74. The molecule has 0 radical (unpaired) electrons. The molecule has 0 spiro atoms. The molecule has 1 heterocycles. The van der Waals surface area contributed by atoms with Gasteiger partial charge >= 0.3 is 0 Å². The van der Waals surface area contributed by atoms with E-state index in [4.69, 9.17) is 34.8 Å². The summed E-state index contributed by atoms with van der Waals surface area (Å²) in [5.41, 5.74) is 0. The molecule has 0 unspecified atom stereocenters.